The number of H-pyrrole nitrogens is 1. The predicted octanol–water partition coefficient (Wildman–Crippen LogP) is 1.75. The molecule has 3 aliphatic rings. The molecular formula is C15H20N4. The number of fused-ring (bicyclic) bond motifs is 4. The van der Waals surface area contributed by atoms with Crippen LogP contribution in [0.3, 0.4) is 0 Å². The Morgan fingerprint density at radius 3 is 3.00 bits per heavy atom. The molecule has 1 aromatic carbocycles. The van der Waals surface area contributed by atoms with E-state index in [0.29, 0.717) is 6.04 Å². The van der Waals surface area contributed by atoms with Crippen molar-refractivity contribution in [2.45, 2.75) is 25.4 Å². The smallest absolute Gasteiger partial charge is 0.0653 e. The zero-order chi connectivity index (χ0) is 12.7. The van der Waals surface area contributed by atoms with Crippen LogP contribution in [-0.4, -0.2) is 40.8 Å². The third kappa shape index (κ3) is 2.05. The molecule has 0 saturated carbocycles. The quantitative estimate of drug-likeness (QED) is 0.879. The number of hydrogen-bond donors (Lipinski definition) is 2. The molecule has 1 aromatic heterocycles. The molecular weight excluding hydrogens is 236 g/mol. The largest absolute Gasteiger partial charge is 0.308 e. The second-order valence-electron chi connectivity index (χ2n) is 5.87. The van der Waals surface area contributed by atoms with Gasteiger partial charge in [-0.15, -0.1) is 0 Å². The fourth-order valence-corrected chi connectivity index (χ4v) is 3.62. The summed E-state index contributed by atoms with van der Waals surface area (Å²) in [5, 5.41) is 12.2. The van der Waals surface area contributed by atoms with Gasteiger partial charge in [0, 0.05) is 24.5 Å². The highest BCUT2D eigenvalue weighted by atomic mass is 15.2. The predicted molar refractivity (Wildman–Crippen MR) is 75.9 cm³/mol. The van der Waals surface area contributed by atoms with Crippen molar-refractivity contribution >= 4 is 10.9 Å². The Morgan fingerprint density at radius 1 is 1.32 bits per heavy atom. The second kappa shape index (κ2) is 4.62. The zero-order valence-electron chi connectivity index (χ0n) is 11.1. The lowest BCUT2D eigenvalue weighted by atomic mass is 9.84. The van der Waals surface area contributed by atoms with Gasteiger partial charge >= 0.3 is 0 Å². The zero-order valence-corrected chi connectivity index (χ0v) is 11.1. The molecule has 3 aliphatic heterocycles. The lowest BCUT2D eigenvalue weighted by Gasteiger charge is -2.45. The molecule has 3 fully saturated rings. The minimum absolute atomic E-state index is 0.671. The van der Waals surface area contributed by atoms with Crippen LogP contribution in [0, 0.1) is 5.92 Å². The van der Waals surface area contributed by atoms with E-state index < -0.39 is 0 Å². The first-order chi connectivity index (χ1) is 9.40. The minimum atomic E-state index is 0.671. The third-order valence-corrected chi connectivity index (χ3v) is 4.79. The standard InChI is InChI=1S/C15H20N4/c1-2-12(13-9-17-18-14(13)3-1)8-16-15-10-19-6-4-11(15)5-7-19/h1-3,9,11,15-16H,4-8,10H2,(H,17,18). The van der Waals surface area contributed by atoms with E-state index in [0.717, 1.165) is 18.0 Å². The monoisotopic (exact) mass is 256 g/mol. The van der Waals surface area contributed by atoms with Crippen LogP contribution in [0.25, 0.3) is 10.9 Å². The van der Waals surface area contributed by atoms with E-state index in [1.165, 1.54) is 43.4 Å². The van der Waals surface area contributed by atoms with E-state index in [1.807, 2.05) is 6.20 Å². The van der Waals surface area contributed by atoms with Gasteiger partial charge in [-0.05, 0) is 43.5 Å². The molecule has 0 amide bonds. The van der Waals surface area contributed by atoms with Crippen molar-refractivity contribution in [2.24, 2.45) is 5.92 Å². The highest BCUT2D eigenvalue weighted by Gasteiger charge is 2.33. The molecule has 3 saturated heterocycles. The Labute approximate surface area is 113 Å². The number of aromatic nitrogens is 2. The molecule has 2 bridgehead atoms. The summed E-state index contributed by atoms with van der Waals surface area (Å²) in [6.45, 7) is 4.79. The summed E-state index contributed by atoms with van der Waals surface area (Å²) in [6.07, 6.45) is 4.67. The number of aromatic amines is 1. The van der Waals surface area contributed by atoms with Crippen molar-refractivity contribution in [3.63, 3.8) is 0 Å². The van der Waals surface area contributed by atoms with Crippen molar-refractivity contribution in [1.29, 1.82) is 0 Å². The third-order valence-electron chi connectivity index (χ3n) is 4.79. The fourth-order valence-electron chi connectivity index (χ4n) is 3.62. The molecule has 0 spiro atoms. The molecule has 100 valence electrons. The van der Waals surface area contributed by atoms with Crippen molar-refractivity contribution in [1.82, 2.24) is 20.4 Å². The Kier molecular flexibility index (Phi) is 2.78. The van der Waals surface area contributed by atoms with Crippen molar-refractivity contribution in [2.75, 3.05) is 19.6 Å². The molecule has 19 heavy (non-hydrogen) atoms. The van der Waals surface area contributed by atoms with E-state index in [1.54, 1.807) is 0 Å². The number of piperidine rings is 3. The van der Waals surface area contributed by atoms with E-state index in [9.17, 15) is 0 Å². The van der Waals surface area contributed by atoms with Gasteiger partial charge in [0.15, 0.2) is 0 Å². The summed E-state index contributed by atoms with van der Waals surface area (Å²) >= 11 is 0. The topological polar surface area (TPSA) is 44.0 Å². The number of benzene rings is 1. The van der Waals surface area contributed by atoms with Crippen LogP contribution in [0.5, 0.6) is 0 Å². The van der Waals surface area contributed by atoms with E-state index in [-0.39, 0.29) is 0 Å². The molecule has 1 atom stereocenters. The van der Waals surface area contributed by atoms with Crippen molar-refractivity contribution in [3.8, 4) is 0 Å². The van der Waals surface area contributed by atoms with Gasteiger partial charge in [-0.3, -0.25) is 5.10 Å². The summed E-state index contributed by atoms with van der Waals surface area (Å²) in [7, 11) is 0. The first-order valence-electron chi connectivity index (χ1n) is 7.27. The molecule has 5 rings (SSSR count). The highest BCUT2D eigenvalue weighted by molar-refractivity contribution is 5.81. The molecule has 4 heteroatoms. The van der Waals surface area contributed by atoms with Gasteiger partial charge in [0.1, 0.15) is 0 Å². The molecule has 2 N–H and O–H groups in total. The second-order valence-corrected chi connectivity index (χ2v) is 5.87. The Hall–Kier alpha value is -1.39. The molecule has 0 aliphatic carbocycles. The molecule has 0 radical (unpaired) electrons. The van der Waals surface area contributed by atoms with E-state index >= 15 is 0 Å². The average molecular weight is 256 g/mol. The number of nitrogens with one attached hydrogen (secondary N) is 2. The van der Waals surface area contributed by atoms with Crippen molar-refractivity contribution in [3.05, 3.63) is 30.0 Å². The van der Waals surface area contributed by atoms with E-state index in [4.69, 9.17) is 0 Å². The lowest BCUT2D eigenvalue weighted by molar-refractivity contribution is 0.0720. The van der Waals surface area contributed by atoms with Crippen LogP contribution < -0.4 is 5.32 Å². The van der Waals surface area contributed by atoms with Crippen LogP contribution >= 0.6 is 0 Å². The number of nitrogens with zero attached hydrogens (tertiary/aromatic N) is 2. The SMILES string of the molecule is c1cc(CNC2CN3CCC2CC3)c2cn[nH]c2c1. The fraction of sp³-hybridized carbons (Fsp3) is 0.533. The molecule has 4 nitrogen and oxygen atoms in total. The Bertz CT molecular complexity index is 568. The van der Waals surface area contributed by atoms with Crippen molar-refractivity contribution < 1.29 is 0 Å². The van der Waals surface area contributed by atoms with Gasteiger partial charge in [0.2, 0.25) is 0 Å². The van der Waals surface area contributed by atoms with Crippen LogP contribution in [0.15, 0.2) is 24.4 Å². The maximum absolute atomic E-state index is 4.13. The lowest BCUT2D eigenvalue weighted by Crippen LogP contribution is -2.55. The molecule has 2 aromatic rings. The normalized spacial score (nSPS) is 30.0. The first-order valence-corrected chi connectivity index (χ1v) is 7.27. The number of hydrogen-bond acceptors (Lipinski definition) is 3. The summed E-state index contributed by atoms with van der Waals surface area (Å²) in [5.74, 6) is 0.883. The van der Waals surface area contributed by atoms with Crippen LogP contribution in [-0.2, 0) is 6.54 Å². The summed E-state index contributed by atoms with van der Waals surface area (Å²) < 4.78 is 0. The summed E-state index contributed by atoms with van der Waals surface area (Å²) in [4.78, 5) is 2.59. The van der Waals surface area contributed by atoms with Crippen LogP contribution in [0.2, 0.25) is 0 Å². The number of rotatable bonds is 3. The minimum Gasteiger partial charge on any atom is -0.308 e. The summed E-state index contributed by atoms with van der Waals surface area (Å²) in [5.41, 5.74) is 2.48. The van der Waals surface area contributed by atoms with Crippen LogP contribution in [0.1, 0.15) is 18.4 Å². The average Bonchev–Trinajstić information content (AvgIpc) is 2.95. The van der Waals surface area contributed by atoms with Gasteiger partial charge in [0.05, 0.1) is 11.7 Å². The molecule has 1 unspecified atom stereocenters. The highest BCUT2D eigenvalue weighted by Crippen LogP contribution is 2.28. The maximum atomic E-state index is 4.13. The molecule has 4 heterocycles. The van der Waals surface area contributed by atoms with Gasteiger partial charge in [0.25, 0.3) is 0 Å². The van der Waals surface area contributed by atoms with Crippen LogP contribution in [0.4, 0.5) is 0 Å². The Balaban J connectivity index is 1.49. The Morgan fingerprint density at radius 2 is 2.21 bits per heavy atom. The van der Waals surface area contributed by atoms with Gasteiger partial charge < -0.3 is 10.2 Å². The maximum Gasteiger partial charge on any atom is 0.0653 e. The van der Waals surface area contributed by atoms with Gasteiger partial charge in [-0.25, -0.2) is 0 Å². The van der Waals surface area contributed by atoms with E-state index in [2.05, 4.69) is 38.6 Å². The van der Waals surface area contributed by atoms with Gasteiger partial charge in [-0.1, -0.05) is 12.1 Å². The first kappa shape index (κ1) is 11.4. The summed E-state index contributed by atoms with van der Waals surface area (Å²) in [6, 6.07) is 7.06. The van der Waals surface area contributed by atoms with Gasteiger partial charge in [-0.2, -0.15) is 5.10 Å².